The molecule has 1 N–H and O–H groups in total. The maximum atomic E-state index is 11.3. The van der Waals surface area contributed by atoms with E-state index in [2.05, 4.69) is 11.4 Å². The number of ether oxygens (including phenoxy) is 1. The van der Waals surface area contributed by atoms with Crippen LogP contribution in [0.15, 0.2) is 18.2 Å². The van der Waals surface area contributed by atoms with Gasteiger partial charge in [0, 0.05) is 0 Å². The van der Waals surface area contributed by atoms with Gasteiger partial charge < -0.3 is 10.1 Å². The SMILES string of the molecule is Cc1ccc(OCC(C)(C)NC(=O)CCl)c(C)c1. The lowest BCUT2D eigenvalue weighted by atomic mass is 10.1. The number of benzene rings is 1. The minimum Gasteiger partial charge on any atom is -0.491 e. The second-order valence-electron chi connectivity index (χ2n) is 5.12. The van der Waals surface area contributed by atoms with Gasteiger partial charge in [-0.3, -0.25) is 4.79 Å². The lowest BCUT2D eigenvalue weighted by molar-refractivity contribution is -0.120. The summed E-state index contributed by atoms with van der Waals surface area (Å²) in [7, 11) is 0. The third kappa shape index (κ3) is 4.57. The van der Waals surface area contributed by atoms with Crippen molar-refractivity contribution in [2.45, 2.75) is 33.2 Å². The summed E-state index contributed by atoms with van der Waals surface area (Å²) in [5, 5.41) is 2.81. The van der Waals surface area contributed by atoms with E-state index < -0.39 is 5.54 Å². The summed E-state index contributed by atoms with van der Waals surface area (Å²) in [5.74, 6) is 0.618. The fourth-order valence-corrected chi connectivity index (χ4v) is 1.73. The third-order valence-electron chi connectivity index (χ3n) is 2.52. The number of amides is 1. The normalized spacial score (nSPS) is 11.2. The largest absolute Gasteiger partial charge is 0.491 e. The first-order chi connectivity index (χ1) is 8.34. The highest BCUT2D eigenvalue weighted by atomic mass is 35.5. The quantitative estimate of drug-likeness (QED) is 0.835. The Labute approximate surface area is 113 Å². The zero-order valence-electron chi connectivity index (χ0n) is 11.3. The molecular formula is C14H20ClNO2. The fraction of sp³-hybridized carbons (Fsp3) is 0.500. The highest BCUT2D eigenvalue weighted by Gasteiger charge is 2.21. The van der Waals surface area contributed by atoms with Gasteiger partial charge in [0.05, 0.1) is 5.54 Å². The van der Waals surface area contributed by atoms with E-state index >= 15 is 0 Å². The smallest absolute Gasteiger partial charge is 0.235 e. The van der Waals surface area contributed by atoms with Gasteiger partial charge in [-0.2, -0.15) is 0 Å². The molecule has 0 fully saturated rings. The van der Waals surface area contributed by atoms with Gasteiger partial charge in [0.15, 0.2) is 0 Å². The van der Waals surface area contributed by atoms with Crippen LogP contribution in [0.25, 0.3) is 0 Å². The number of nitrogens with one attached hydrogen (secondary N) is 1. The first-order valence-electron chi connectivity index (χ1n) is 5.91. The topological polar surface area (TPSA) is 38.3 Å². The van der Waals surface area contributed by atoms with Crippen molar-refractivity contribution in [2.24, 2.45) is 0 Å². The molecule has 3 nitrogen and oxygen atoms in total. The van der Waals surface area contributed by atoms with Crippen molar-refractivity contribution in [1.82, 2.24) is 5.32 Å². The van der Waals surface area contributed by atoms with Gasteiger partial charge in [-0.15, -0.1) is 11.6 Å². The number of rotatable bonds is 5. The molecule has 1 aromatic rings. The molecule has 4 heteroatoms. The average Bonchev–Trinajstić information content (AvgIpc) is 2.27. The number of hydrogen-bond donors (Lipinski definition) is 1. The molecule has 18 heavy (non-hydrogen) atoms. The van der Waals surface area contributed by atoms with Crippen molar-refractivity contribution >= 4 is 17.5 Å². The van der Waals surface area contributed by atoms with Crippen LogP contribution in [0, 0.1) is 13.8 Å². The van der Waals surface area contributed by atoms with Crippen molar-refractivity contribution in [2.75, 3.05) is 12.5 Å². The number of hydrogen-bond acceptors (Lipinski definition) is 2. The van der Waals surface area contributed by atoms with E-state index in [0.717, 1.165) is 11.3 Å². The van der Waals surface area contributed by atoms with Crippen LogP contribution in [0.1, 0.15) is 25.0 Å². The molecule has 0 saturated heterocycles. The van der Waals surface area contributed by atoms with Crippen LogP contribution in [0.2, 0.25) is 0 Å². The van der Waals surface area contributed by atoms with Crippen molar-refractivity contribution < 1.29 is 9.53 Å². The maximum Gasteiger partial charge on any atom is 0.235 e. The van der Waals surface area contributed by atoms with Crippen LogP contribution in [0.5, 0.6) is 5.75 Å². The summed E-state index contributed by atoms with van der Waals surface area (Å²) in [6, 6.07) is 6.02. The van der Waals surface area contributed by atoms with Gasteiger partial charge in [-0.05, 0) is 39.3 Å². The molecule has 1 amide bonds. The highest BCUT2D eigenvalue weighted by molar-refractivity contribution is 6.27. The maximum absolute atomic E-state index is 11.3. The zero-order chi connectivity index (χ0) is 13.8. The summed E-state index contributed by atoms with van der Waals surface area (Å²) in [4.78, 5) is 11.3. The summed E-state index contributed by atoms with van der Waals surface area (Å²) in [6.45, 7) is 8.26. The number of carbonyl (C=O) groups is 1. The van der Waals surface area contributed by atoms with Crippen LogP contribution < -0.4 is 10.1 Å². The van der Waals surface area contributed by atoms with E-state index in [9.17, 15) is 4.79 Å². The van der Waals surface area contributed by atoms with Crippen molar-refractivity contribution in [1.29, 1.82) is 0 Å². The Bertz CT molecular complexity index is 430. The van der Waals surface area contributed by atoms with Gasteiger partial charge in [0.2, 0.25) is 5.91 Å². The van der Waals surface area contributed by atoms with Gasteiger partial charge in [0.1, 0.15) is 18.2 Å². The molecule has 0 heterocycles. The number of carbonyl (C=O) groups excluding carboxylic acids is 1. The summed E-state index contributed by atoms with van der Waals surface area (Å²) >= 11 is 5.46. The summed E-state index contributed by atoms with van der Waals surface area (Å²) in [6.07, 6.45) is 0. The minimum absolute atomic E-state index is 0.0347. The molecule has 0 atom stereocenters. The molecule has 0 aromatic heterocycles. The van der Waals surface area contributed by atoms with E-state index in [1.165, 1.54) is 5.56 Å². The molecule has 1 aromatic carbocycles. The predicted molar refractivity (Wildman–Crippen MR) is 74.4 cm³/mol. The lowest BCUT2D eigenvalue weighted by Crippen LogP contribution is -2.48. The monoisotopic (exact) mass is 269 g/mol. The van der Waals surface area contributed by atoms with Crippen LogP contribution >= 0.6 is 11.6 Å². The van der Waals surface area contributed by atoms with E-state index in [1.807, 2.05) is 39.8 Å². The fourth-order valence-electron chi connectivity index (χ4n) is 1.67. The Balaban J connectivity index is 2.61. The summed E-state index contributed by atoms with van der Waals surface area (Å²) in [5.41, 5.74) is 1.85. The van der Waals surface area contributed by atoms with E-state index in [4.69, 9.17) is 16.3 Å². The van der Waals surface area contributed by atoms with Gasteiger partial charge >= 0.3 is 0 Å². The Morgan fingerprint density at radius 2 is 2.06 bits per heavy atom. The molecule has 0 aliphatic rings. The average molecular weight is 270 g/mol. The number of aryl methyl sites for hydroxylation is 2. The van der Waals surface area contributed by atoms with Crippen LogP contribution in [0.3, 0.4) is 0 Å². The number of alkyl halides is 1. The first-order valence-corrected chi connectivity index (χ1v) is 6.44. The van der Waals surface area contributed by atoms with Crippen LogP contribution in [0.4, 0.5) is 0 Å². The minimum atomic E-state index is -0.441. The second-order valence-corrected chi connectivity index (χ2v) is 5.39. The molecule has 0 unspecified atom stereocenters. The first kappa shape index (κ1) is 14.8. The van der Waals surface area contributed by atoms with Gasteiger partial charge in [-0.25, -0.2) is 0 Å². The van der Waals surface area contributed by atoms with Crippen molar-refractivity contribution in [3.05, 3.63) is 29.3 Å². The van der Waals surface area contributed by atoms with E-state index in [0.29, 0.717) is 6.61 Å². The van der Waals surface area contributed by atoms with Crippen LogP contribution in [-0.2, 0) is 4.79 Å². The van der Waals surface area contributed by atoms with Gasteiger partial charge in [-0.1, -0.05) is 17.7 Å². The molecule has 0 spiro atoms. The molecule has 0 saturated carbocycles. The second kappa shape index (κ2) is 6.10. The lowest BCUT2D eigenvalue weighted by Gasteiger charge is -2.26. The molecule has 0 radical (unpaired) electrons. The molecule has 1 rings (SSSR count). The summed E-state index contributed by atoms with van der Waals surface area (Å²) < 4.78 is 5.74. The Morgan fingerprint density at radius 3 is 2.61 bits per heavy atom. The molecule has 0 bridgehead atoms. The number of halogens is 1. The predicted octanol–water partition coefficient (Wildman–Crippen LogP) is 2.82. The Hall–Kier alpha value is -1.22. The van der Waals surface area contributed by atoms with E-state index in [-0.39, 0.29) is 11.8 Å². The Kier molecular flexibility index (Phi) is 5.03. The van der Waals surface area contributed by atoms with Gasteiger partial charge in [0.25, 0.3) is 0 Å². The Morgan fingerprint density at radius 1 is 1.39 bits per heavy atom. The zero-order valence-corrected chi connectivity index (χ0v) is 12.1. The standard InChI is InChI=1S/C14H20ClNO2/c1-10-5-6-12(11(2)7-10)18-9-14(3,4)16-13(17)8-15/h5-7H,8-9H2,1-4H3,(H,16,17). The molecule has 100 valence electrons. The highest BCUT2D eigenvalue weighted by Crippen LogP contribution is 2.20. The molecule has 0 aliphatic carbocycles. The van der Waals surface area contributed by atoms with Crippen molar-refractivity contribution in [3.8, 4) is 5.75 Å². The van der Waals surface area contributed by atoms with Crippen molar-refractivity contribution in [3.63, 3.8) is 0 Å². The van der Waals surface area contributed by atoms with Crippen LogP contribution in [-0.4, -0.2) is 23.9 Å². The third-order valence-corrected chi connectivity index (χ3v) is 2.76. The molecule has 0 aliphatic heterocycles. The molecular weight excluding hydrogens is 250 g/mol. The van der Waals surface area contributed by atoms with E-state index in [1.54, 1.807) is 0 Å².